The van der Waals surface area contributed by atoms with Crippen LogP contribution in [0, 0.1) is 0 Å². The average molecular weight is 392 g/mol. The van der Waals surface area contributed by atoms with Crippen molar-refractivity contribution in [2.75, 3.05) is 18.1 Å². The van der Waals surface area contributed by atoms with Crippen molar-refractivity contribution in [2.45, 2.75) is 17.8 Å². The van der Waals surface area contributed by atoms with Gasteiger partial charge < -0.3 is 20.8 Å². The second-order valence-corrected chi connectivity index (χ2v) is 5.68. The van der Waals surface area contributed by atoms with Gasteiger partial charge in [0.1, 0.15) is 11.5 Å². The molecule has 0 atom stereocenters. The van der Waals surface area contributed by atoms with E-state index in [1.165, 1.54) is 15.1 Å². The van der Waals surface area contributed by atoms with E-state index in [4.69, 9.17) is 10.4 Å². The molecule has 2 aromatic carbocycles. The van der Waals surface area contributed by atoms with Gasteiger partial charge in [0, 0.05) is 7.05 Å². The first-order valence-electron chi connectivity index (χ1n) is 7.48. The monoisotopic (exact) mass is 392 g/mol. The molecule has 4 nitrogen and oxygen atoms in total. The van der Waals surface area contributed by atoms with Crippen molar-refractivity contribution in [3.05, 3.63) is 47.5 Å². The molecule has 0 saturated heterocycles. The van der Waals surface area contributed by atoms with Gasteiger partial charge in [-0.05, 0) is 35.4 Å². The van der Waals surface area contributed by atoms with Gasteiger partial charge in [-0.25, -0.2) is 0 Å². The molecule has 0 aliphatic rings. The van der Waals surface area contributed by atoms with Gasteiger partial charge in [0.2, 0.25) is 5.41 Å². The third-order valence-corrected chi connectivity index (χ3v) is 4.21. The Kier molecular flexibility index (Phi) is 5.18. The zero-order chi connectivity index (χ0) is 20.6. The average Bonchev–Trinajstić information content (AvgIpc) is 2.54. The van der Waals surface area contributed by atoms with Crippen molar-refractivity contribution in [1.82, 2.24) is 0 Å². The third-order valence-electron chi connectivity index (χ3n) is 4.21. The van der Waals surface area contributed by atoms with E-state index in [9.17, 15) is 31.4 Å². The first kappa shape index (κ1) is 20.6. The topological polar surface area (TPSA) is 67.5 Å². The quantitative estimate of drug-likeness (QED) is 0.323. The Morgan fingerprint density at radius 1 is 0.963 bits per heavy atom. The first-order valence-corrected chi connectivity index (χ1v) is 7.48. The Balaban J connectivity index is 2.94. The summed E-state index contributed by atoms with van der Waals surface area (Å²) >= 11 is 0. The number of anilines is 2. The molecule has 0 fully saturated rings. The summed E-state index contributed by atoms with van der Waals surface area (Å²) in [5.41, 5.74) is -1.69. The molecule has 0 bridgehead atoms. The van der Waals surface area contributed by atoms with E-state index in [0.29, 0.717) is 24.3 Å². The second kappa shape index (κ2) is 6.78. The molecular weight excluding hydrogens is 377 g/mol. The Labute approximate surface area is 151 Å². The van der Waals surface area contributed by atoms with Crippen LogP contribution in [0.3, 0.4) is 0 Å². The summed E-state index contributed by atoms with van der Waals surface area (Å²) in [6.07, 6.45) is -11.5. The number of hydrogen-bond acceptors (Lipinski definition) is 4. The standard InChI is InChI=1S/C16H15BF6N2O2/c1-25-11-7-9(2-4-12(11)26)14(15(18,19)20,16(21,22)23)8-3-5-13(27-17)10(24)6-8/h2-7,25-26H,17,24H2,1H3. The zero-order valence-corrected chi connectivity index (χ0v) is 14.2. The largest absolute Gasteiger partial charge is 0.566 e. The molecule has 0 saturated carbocycles. The SMILES string of the molecule is BOc1ccc(C(c2ccc(O)c(NC)c2)(C(F)(F)F)C(F)(F)F)cc1N. The summed E-state index contributed by atoms with van der Waals surface area (Å²) in [5.74, 6) is -0.549. The molecule has 2 aromatic rings. The Morgan fingerprint density at radius 3 is 1.93 bits per heavy atom. The number of alkyl halides is 6. The highest BCUT2D eigenvalue weighted by Crippen LogP contribution is 2.57. The highest BCUT2D eigenvalue weighted by molar-refractivity contribution is 6.00. The molecule has 0 unspecified atom stereocenters. The second-order valence-electron chi connectivity index (χ2n) is 5.68. The normalized spacial score (nSPS) is 12.7. The molecule has 0 heterocycles. The maximum Gasteiger partial charge on any atom is 0.411 e. The van der Waals surface area contributed by atoms with E-state index in [2.05, 4.69) is 5.32 Å². The van der Waals surface area contributed by atoms with Crippen LogP contribution in [-0.2, 0) is 5.41 Å². The molecule has 0 amide bonds. The van der Waals surface area contributed by atoms with Gasteiger partial charge in [-0.15, -0.1) is 0 Å². The number of aromatic hydroxyl groups is 1. The molecule has 27 heavy (non-hydrogen) atoms. The number of rotatable bonds is 4. The van der Waals surface area contributed by atoms with Crippen LogP contribution in [0.2, 0.25) is 0 Å². The molecule has 0 spiro atoms. The lowest BCUT2D eigenvalue weighted by Gasteiger charge is -2.38. The molecule has 146 valence electrons. The van der Waals surface area contributed by atoms with Gasteiger partial charge in [0.05, 0.1) is 11.4 Å². The Bertz CT molecular complexity index is 825. The summed E-state index contributed by atoms with van der Waals surface area (Å²) in [4.78, 5) is 0. The summed E-state index contributed by atoms with van der Waals surface area (Å²) in [6, 6.07) is 4.15. The van der Waals surface area contributed by atoms with Crippen LogP contribution >= 0.6 is 0 Å². The van der Waals surface area contributed by atoms with Crippen LogP contribution in [0.4, 0.5) is 37.7 Å². The van der Waals surface area contributed by atoms with Gasteiger partial charge in [0.25, 0.3) is 0 Å². The number of hydrogen-bond donors (Lipinski definition) is 3. The molecule has 0 aliphatic heterocycles. The Morgan fingerprint density at radius 2 is 1.48 bits per heavy atom. The molecule has 0 aliphatic carbocycles. The summed E-state index contributed by atoms with van der Waals surface area (Å²) < 4.78 is 88.9. The summed E-state index contributed by atoms with van der Waals surface area (Å²) in [7, 11) is 2.44. The highest BCUT2D eigenvalue weighted by atomic mass is 19.4. The summed E-state index contributed by atoms with van der Waals surface area (Å²) in [5, 5.41) is 12.0. The minimum Gasteiger partial charge on any atom is -0.566 e. The van der Waals surface area contributed by atoms with E-state index in [-0.39, 0.29) is 17.1 Å². The van der Waals surface area contributed by atoms with Crippen LogP contribution in [-0.4, -0.2) is 32.6 Å². The fourth-order valence-corrected chi connectivity index (χ4v) is 2.92. The first-order chi connectivity index (χ1) is 12.4. The lowest BCUT2D eigenvalue weighted by atomic mass is 9.72. The number of nitrogens with one attached hydrogen (secondary N) is 1. The molecule has 0 radical (unpaired) electrons. The van der Waals surface area contributed by atoms with E-state index < -0.39 is 34.6 Å². The maximum absolute atomic E-state index is 14.0. The van der Waals surface area contributed by atoms with Crippen molar-refractivity contribution in [3.8, 4) is 11.5 Å². The number of nitrogens with two attached hydrogens (primary N) is 1. The minimum atomic E-state index is -5.76. The molecular formula is C16H15BF6N2O2. The predicted molar refractivity (Wildman–Crippen MR) is 90.6 cm³/mol. The third kappa shape index (κ3) is 3.21. The van der Waals surface area contributed by atoms with Crippen LogP contribution < -0.4 is 15.7 Å². The van der Waals surface area contributed by atoms with E-state index in [0.717, 1.165) is 12.1 Å². The van der Waals surface area contributed by atoms with E-state index >= 15 is 0 Å². The lowest BCUT2D eigenvalue weighted by molar-refractivity contribution is -0.288. The van der Waals surface area contributed by atoms with Gasteiger partial charge in [0.15, 0.2) is 0 Å². The van der Waals surface area contributed by atoms with Gasteiger partial charge >= 0.3 is 20.4 Å². The van der Waals surface area contributed by atoms with Crippen LogP contribution in [0.25, 0.3) is 0 Å². The molecule has 0 aromatic heterocycles. The predicted octanol–water partition coefficient (Wildman–Crippen LogP) is 3.35. The van der Waals surface area contributed by atoms with Crippen LogP contribution in [0.15, 0.2) is 36.4 Å². The fourth-order valence-electron chi connectivity index (χ4n) is 2.92. The van der Waals surface area contributed by atoms with Gasteiger partial charge in [-0.1, -0.05) is 12.1 Å². The smallest absolute Gasteiger partial charge is 0.411 e. The van der Waals surface area contributed by atoms with Crippen molar-refractivity contribution in [3.63, 3.8) is 0 Å². The van der Waals surface area contributed by atoms with Crippen molar-refractivity contribution < 1.29 is 36.1 Å². The summed E-state index contributed by atoms with van der Waals surface area (Å²) in [6.45, 7) is 0. The number of phenolic OH excluding ortho intramolecular Hbond substituents is 1. The number of nitrogen functional groups attached to an aromatic ring is 1. The van der Waals surface area contributed by atoms with Gasteiger partial charge in [-0.2, -0.15) is 26.3 Å². The van der Waals surface area contributed by atoms with Crippen molar-refractivity contribution in [1.29, 1.82) is 0 Å². The van der Waals surface area contributed by atoms with Crippen LogP contribution in [0.5, 0.6) is 11.5 Å². The minimum absolute atomic E-state index is 0.0568. The van der Waals surface area contributed by atoms with E-state index in [1.807, 2.05) is 0 Å². The van der Waals surface area contributed by atoms with Crippen molar-refractivity contribution in [2.24, 2.45) is 0 Å². The number of benzene rings is 2. The number of halogens is 6. The Hall–Kier alpha value is -2.72. The van der Waals surface area contributed by atoms with Crippen LogP contribution in [0.1, 0.15) is 11.1 Å². The van der Waals surface area contributed by atoms with Crippen molar-refractivity contribution >= 4 is 19.4 Å². The molecule has 2 rings (SSSR count). The number of phenols is 1. The highest BCUT2D eigenvalue weighted by Gasteiger charge is 2.72. The molecule has 11 heteroatoms. The zero-order valence-electron chi connectivity index (χ0n) is 14.2. The lowest BCUT2D eigenvalue weighted by Crippen LogP contribution is -2.54. The van der Waals surface area contributed by atoms with E-state index in [1.54, 1.807) is 0 Å². The van der Waals surface area contributed by atoms with Gasteiger partial charge in [-0.3, -0.25) is 0 Å². The fraction of sp³-hybridized carbons (Fsp3) is 0.250. The molecule has 4 N–H and O–H groups in total. The maximum atomic E-state index is 14.0.